The Morgan fingerprint density at radius 3 is 2.63 bits per heavy atom. The van der Waals surface area contributed by atoms with E-state index in [1.165, 1.54) is 0 Å². The predicted molar refractivity (Wildman–Crippen MR) is 99.4 cm³/mol. The zero-order chi connectivity index (χ0) is 19.8. The number of ether oxygens (including phenoxy) is 2. The van der Waals surface area contributed by atoms with Crippen molar-refractivity contribution in [2.75, 3.05) is 12.3 Å². The number of anilines is 1. The number of hydrogen-bond acceptors (Lipinski definition) is 9. The summed E-state index contributed by atoms with van der Waals surface area (Å²) >= 11 is 6.04. The van der Waals surface area contributed by atoms with E-state index in [0.717, 1.165) is 0 Å². The van der Waals surface area contributed by atoms with Crippen LogP contribution in [0.25, 0.3) is 11.2 Å². The number of nitrogen functional groups attached to an aromatic ring is 1. The third kappa shape index (κ3) is 4.59. The fraction of sp³-hybridized carbons (Fsp3) is 0.667. The van der Waals surface area contributed by atoms with Crippen molar-refractivity contribution in [3.63, 3.8) is 0 Å². The van der Waals surface area contributed by atoms with Crippen molar-refractivity contribution in [1.82, 2.24) is 19.5 Å². The van der Waals surface area contributed by atoms with Gasteiger partial charge in [-0.05, 0) is 27.7 Å². The molecule has 0 saturated carbocycles. The van der Waals surface area contributed by atoms with Gasteiger partial charge in [0, 0.05) is 0 Å². The summed E-state index contributed by atoms with van der Waals surface area (Å²) in [4.78, 5) is 12.2. The Labute approximate surface area is 161 Å². The molecule has 10 nitrogen and oxygen atoms in total. The lowest BCUT2D eigenvalue weighted by molar-refractivity contribution is -0.0314. The van der Waals surface area contributed by atoms with Gasteiger partial charge in [-0.2, -0.15) is 9.97 Å². The molecule has 150 valence electrons. The van der Waals surface area contributed by atoms with E-state index >= 15 is 0 Å². The van der Waals surface area contributed by atoms with E-state index in [2.05, 4.69) is 15.0 Å². The zero-order valence-electron chi connectivity index (χ0n) is 15.5. The summed E-state index contributed by atoms with van der Waals surface area (Å²) < 4.78 is 37.3. The third-order valence-electron chi connectivity index (χ3n) is 3.55. The molecule has 27 heavy (non-hydrogen) atoms. The summed E-state index contributed by atoms with van der Waals surface area (Å²) in [6, 6.07) is -1.09. The van der Waals surface area contributed by atoms with Crippen molar-refractivity contribution in [3.8, 4) is 0 Å². The highest BCUT2D eigenvalue weighted by Crippen LogP contribution is 2.57. The zero-order valence-corrected chi connectivity index (χ0v) is 17.2. The molecule has 1 fully saturated rings. The van der Waals surface area contributed by atoms with Gasteiger partial charge < -0.3 is 28.8 Å². The number of rotatable bonds is 7. The molecule has 1 saturated heterocycles. The molecule has 0 radical (unpaired) electrons. The highest BCUT2D eigenvalue weighted by molar-refractivity contribution is 7.54. The molecule has 1 aliphatic heterocycles. The standard InChI is InChI=1S/C15H23ClN5O5P/c1-8(2)25-27(22,26-9(3)4)15-23-6-10(24-15)5-21-7-18-11-12(16)19-14(17)20-13(11)21/h7-10,15H,5-6H2,1-4H3,(H2,17,19,20). The van der Waals surface area contributed by atoms with E-state index in [0.29, 0.717) is 17.7 Å². The second-order valence-electron chi connectivity index (χ2n) is 6.69. The lowest BCUT2D eigenvalue weighted by atomic mass is 10.4. The minimum absolute atomic E-state index is 0.0517. The number of halogens is 1. The van der Waals surface area contributed by atoms with E-state index in [4.69, 9.17) is 35.9 Å². The number of nitrogens with zero attached hydrogens (tertiary/aromatic N) is 4. The van der Waals surface area contributed by atoms with Crippen LogP contribution in [0.4, 0.5) is 5.95 Å². The van der Waals surface area contributed by atoms with Gasteiger partial charge in [-0.25, -0.2) is 4.98 Å². The van der Waals surface area contributed by atoms with Crippen LogP contribution in [0.2, 0.25) is 5.15 Å². The van der Waals surface area contributed by atoms with Crippen molar-refractivity contribution in [3.05, 3.63) is 11.5 Å². The van der Waals surface area contributed by atoms with Crippen LogP contribution in [0.3, 0.4) is 0 Å². The Bertz CT molecular complexity index is 846. The monoisotopic (exact) mass is 419 g/mol. The van der Waals surface area contributed by atoms with Crippen LogP contribution < -0.4 is 5.73 Å². The molecule has 2 aromatic heterocycles. The van der Waals surface area contributed by atoms with Crippen LogP contribution in [0.15, 0.2) is 6.33 Å². The Morgan fingerprint density at radius 1 is 1.33 bits per heavy atom. The maximum absolute atomic E-state index is 13.1. The molecule has 2 unspecified atom stereocenters. The third-order valence-corrected chi connectivity index (χ3v) is 6.03. The first-order valence-electron chi connectivity index (χ1n) is 8.55. The molecule has 0 aliphatic carbocycles. The lowest BCUT2D eigenvalue weighted by Crippen LogP contribution is -2.22. The minimum Gasteiger partial charge on any atom is -0.368 e. The van der Waals surface area contributed by atoms with E-state index in [1.54, 1.807) is 38.6 Å². The van der Waals surface area contributed by atoms with Crippen LogP contribution in [0, 0.1) is 0 Å². The van der Waals surface area contributed by atoms with Gasteiger partial charge in [-0.1, -0.05) is 11.6 Å². The molecule has 3 heterocycles. The molecule has 0 amide bonds. The molecule has 0 aromatic carbocycles. The molecule has 3 rings (SSSR count). The Hall–Kier alpha value is -1.29. The SMILES string of the molecule is CC(C)OP(=O)(OC(C)C)C1OCC(Cn2cnc3c(Cl)nc(N)nc32)O1. The molecule has 12 heteroatoms. The van der Waals surface area contributed by atoms with Gasteiger partial charge in [0.1, 0.15) is 11.6 Å². The maximum Gasteiger partial charge on any atom is 0.386 e. The summed E-state index contributed by atoms with van der Waals surface area (Å²) in [5.74, 6) is 0.0517. The number of hydrogen-bond donors (Lipinski definition) is 1. The minimum atomic E-state index is -3.61. The summed E-state index contributed by atoms with van der Waals surface area (Å²) in [5.41, 5.74) is 6.59. The van der Waals surface area contributed by atoms with E-state index in [-0.39, 0.29) is 29.9 Å². The average molecular weight is 420 g/mol. The number of aromatic nitrogens is 4. The number of fused-ring (bicyclic) bond motifs is 1. The van der Waals surface area contributed by atoms with E-state index < -0.39 is 19.7 Å². The molecular formula is C15H23ClN5O5P. The van der Waals surface area contributed by atoms with Gasteiger partial charge in [0.25, 0.3) is 6.03 Å². The Morgan fingerprint density at radius 2 is 2.00 bits per heavy atom. The van der Waals surface area contributed by atoms with Gasteiger partial charge in [-0.15, -0.1) is 0 Å². The van der Waals surface area contributed by atoms with E-state index in [9.17, 15) is 4.57 Å². The average Bonchev–Trinajstić information content (AvgIpc) is 3.14. The number of imidazole rings is 1. The molecule has 0 bridgehead atoms. The topological polar surface area (TPSA) is 124 Å². The van der Waals surface area contributed by atoms with Gasteiger partial charge in [0.05, 0.1) is 31.7 Å². The number of nitrogens with two attached hydrogens (primary N) is 1. The van der Waals surface area contributed by atoms with Crippen LogP contribution in [0.5, 0.6) is 0 Å². The van der Waals surface area contributed by atoms with Crippen LogP contribution >= 0.6 is 19.2 Å². The lowest BCUT2D eigenvalue weighted by Gasteiger charge is -2.26. The highest BCUT2D eigenvalue weighted by Gasteiger charge is 2.45. The summed E-state index contributed by atoms with van der Waals surface area (Å²) in [7, 11) is -3.61. The summed E-state index contributed by atoms with van der Waals surface area (Å²) in [6.45, 7) is 7.65. The molecule has 2 atom stereocenters. The Kier molecular flexibility index (Phi) is 6.05. The van der Waals surface area contributed by atoms with Crippen molar-refractivity contribution >= 4 is 36.3 Å². The van der Waals surface area contributed by atoms with E-state index in [1.807, 2.05) is 0 Å². The maximum atomic E-state index is 13.1. The molecular weight excluding hydrogens is 397 g/mol. The van der Waals surface area contributed by atoms with Gasteiger partial charge in [0.2, 0.25) is 5.95 Å². The van der Waals surface area contributed by atoms with Crippen LogP contribution in [-0.4, -0.2) is 50.5 Å². The fourth-order valence-corrected chi connectivity index (χ4v) is 4.92. The first kappa shape index (κ1) is 20.4. The first-order valence-corrected chi connectivity index (χ1v) is 10.5. The second-order valence-corrected chi connectivity index (χ2v) is 8.97. The normalized spacial score (nSPS) is 21.0. The highest BCUT2D eigenvalue weighted by atomic mass is 35.5. The summed E-state index contributed by atoms with van der Waals surface area (Å²) in [5, 5.41) is 0.179. The molecule has 2 N–H and O–H groups in total. The molecule has 1 aliphatic rings. The van der Waals surface area contributed by atoms with Crippen LogP contribution in [-0.2, 0) is 29.6 Å². The van der Waals surface area contributed by atoms with Crippen molar-refractivity contribution in [2.24, 2.45) is 0 Å². The van der Waals surface area contributed by atoms with Crippen molar-refractivity contribution in [2.45, 2.75) is 58.6 Å². The Balaban J connectivity index is 1.75. The van der Waals surface area contributed by atoms with Crippen molar-refractivity contribution < 1.29 is 23.1 Å². The first-order chi connectivity index (χ1) is 12.7. The van der Waals surface area contributed by atoms with Gasteiger partial charge in [-0.3, -0.25) is 4.57 Å². The molecule has 0 spiro atoms. The fourth-order valence-electron chi connectivity index (χ4n) is 2.68. The second kappa shape index (κ2) is 7.98. The summed E-state index contributed by atoms with van der Waals surface area (Å²) in [6.07, 6.45) is 0.554. The van der Waals surface area contributed by atoms with Crippen molar-refractivity contribution in [1.29, 1.82) is 0 Å². The van der Waals surface area contributed by atoms with Gasteiger partial charge in [0.15, 0.2) is 10.8 Å². The molecule has 2 aromatic rings. The van der Waals surface area contributed by atoms with Crippen LogP contribution in [0.1, 0.15) is 27.7 Å². The quantitative estimate of drug-likeness (QED) is 0.532. The largest absolute Gasteiger partial charge is 0.386 e. The van der Waals surface area contributed by atoms with Gasteiger partial charge >= 0.3 is 7.60 Å². The smallest absolute Gasteiger partial charge is 0.368 e. The predicted octanol–water partition coefficient (Wildman–Crippen LogP) is 2.80.